The minimum atomic E-state index is -0.226. The van der Waals surface area contributed by atoms with Crippen molar-refractivity contribution in [3.8, 4) is 0 Å². The molecule has 3 heteroatoms. The van der Waals surface area contributed by atoms with Gasteiger partial charge in [0.25, 0.3) is 0 Å². The Bertz CT molecular complexity index is 816. The molecule has 1 nitrogen and oxygen atoms in total. The maximum absolute atomic E-state index is 13.1. The number of aryl methyl sites for hydroxylation is 1. The van der Waals surface area contributed by atoms with Gasteiger partial charge in [-0.3, -0.25) is 0 Å². The first-order valence-electron chi connectivity index (χ1n) is 7.40. The summed E-state index contributed by atoms with van der Waals surface area (Å²) in [6.45, 7) is 5.94. The van der Waals surface area contributed by atoms with E-state index in [0.717, 1.165) is 38.5 Å². The summed E-state index contributed by atoms with van der Waals surface area (Å²) in [4.78, 5) is 0. The van der Waals surface area contributed by atoms with Crippen molar-refractivity contribution in [2.75, 3.05) is 0 Å². The van der Waals surface area contributed by atoms with Crippen LogP contribution >= 0.6 is 11.6 Å². The molecule has 0 aromatic heterocycles. The van der Waals surface area contributed by atoms with Crippen molar-refractivity contribution in [2.24, 2.45) is 0 Å². The lowest BCUT2D eigenvalue weighted by atomic mass is 9.92. The number of dihydropyridines is 1. The maximum Gasteiger partial charge on any atom is 0.123 e. The number of nitrogens with one attached hydrogen (secondary N) is 1. The Morgan fingerprint density at radius 3 is 2.61 bits per heavy atom. The summed E-state index contributed by atoms with van der Waals surface area (Å²) in [6, 6.07) is 10.7. The molecule has 2 aromatic rings. The predicted molar refractivity (Wildman–Crippen MR) is 94.8 cm³/mol. The molecule has 116 valence electrons. The van der Waals surface area contributed by atoms with E-state index in [1.807, 2.05) is 31.3 Å². The van der Waals surface area contributed by atoms with E-state index in [0.29, 0.717) is 6.42 Å². The van der Waals surface area contributed by atoms with Crippen molar-refractivity contribution < 1.29 is 4.39 Å². The number of allylic oxidation sites excluding steroid dienone is 3. The number of hydrogen-bond acceptors (Lipinski definition) is 1. The van der Waals surface area contributed by atoms with E-state index in [1.165, 1.54) is 12.1 Å². The summed E-state index contributed by atoms with van der Waals surface area (Å²) in [5.41, 5.74) is 6.24. The lowest BCUT2D eigenvalue weighted by Crippen LogP contribution is -2.06. The van der Waals surface area contributed by atoms with Gasteiger partial charge in [-0.25, -0.2) is 4.39 Å². The average Bonchev–Trinajstić information content (AvgIpc) is 2.53. The number of rotatable bonds is 3. The van der Waals surface area contributed by atoms with Gasteiger partial charge in [0.2, 0.25) is 0 Å². The van der Waals surface area contributed by atoms with Gasteiger partial charge >= 0.3 is 0 Å². The van der Waals surface area contributed by atoms with Gasteiger partial charge in [-0.1, -0.05) is 30.3 Å². The van der Waals surface area contributed by atoms with Crippen LogP contribution in [-0.4, -0.2) is 0 Å². The summed E-state index contributed by atoms with van der Waals surface area (Å²) in [5.74, 6) is -0.226. The Labute approximate surface area is 140 Å². The largest absolute Gasteiger partial charge is 0.362 e. The molecule has 0 aliphatic carbocycles. The van der Waals surface area contributed by atoms with Crippen LogP contribution in [0.25, 0.3) is 5.57 Å². The lowest BCUT2D eigenvalue weighted by Gasteiger charge is -2.16. The van der Waals surface area contributed by atoms with Crippen LogP contribution < -0.4 is 5.32 Å². The van der Waals surface area contributed by atoms with E-state index in [4.69, 9.17) is 11.6 Å². The molecule has 23 heavy (non-hydrogen) atoms. The molecular weight excluding hydrogens is 309 g/mol. The van der Waals surface area contributed by atoms with Crippen LogP contribution in [0.1, 0.15) is 22.3 Å². The molecular formula is C20H17ClFN. The highest BCUT2D eigenvalue weighted by Crippen LogP contribution is 2.30. The highest BCUT2D eigenvalue weighted by molar-refractivity contribution is 6.31. The molecule has 0 fully saturated rings. The number of hydrogen-bond donors (Lipinski definition) is 1. The van der Waals surface area contributed by atoms with Gasteiger partial charge in [0.05, 0.1) is 0 Å². The molecule has 0 atom stereocenters. The first-order valence-corrected chi connectivity index (χ1v) is 7.78. The highest BCUT2D eigenvalue weighted by atomic mass is 35.5. The van der Waals surface area contributed by atoms with Crippen molar-refractivity contribution in [3.63, 3.8) is 0 Å². The van der Waals surface area contributed by atoms with Gasteiger partial charge in [0, 0.05) is 16.9 Å². The SMILES string of the molecule is C=C1C=C(c2cc(C)c(Cl)cc2Cc2ccc(F)cc2)C=CN1. The Kier molecular flexibility index (Phi) is 4.35. The molecule has 1 aliphatic rings. The molecule has 3 rings (SSSR count). The highest BCUT2D eigenvalue weighted by Gasteiger charge is 2.12. The van der Waals surface area contributed by atoms with Crippen molar-refractivity contribution in [1.82, 2.24) is 5.32 Å². The fraction of sp³-hybridized carbons (Fsp3) is 0.100. The molecule has 0 unspecified atom stereocenters. The van der Waals surface area contributed by atoms with E-state index >= 15 is 0 Å². The first kappa shape index (κ1) is 15.6. The van der Waals surface area contributed by atoms with Crippen molar-refractivity contribution in [2.45, 2.75) is 13.3 Å². The lowest BCUT2D eigenvalue weighted by molar-refractivity contribution is 0.627. The zero-order chi connectivity index (χ0) is 16.4. The molecule has 0 saturated heterocycles. The van der Waals surface area contributed by atoms with Crippen LogP contribution in [0.15, 0.2) is 67.0 Å². The van der Waals surface area contributed by atoms with Crippen LogP contribution in [0, 0.1) is 12.7 Å². The van der Waals surface area contributed by atoms with Gasteiger partial charge in [-0.05, 0) is 77.6 Å². The average molecular weight is 326 g/mol. The topological polar surface area (TPSA) is 12.0 Å². The fourth-order valence-corrected chi connectivity index (χ4v) is 2.83. The van der Waals surface area contributed by atoms with Crippen LogP contribution in [-0.2, 0) is 6.42 Å². The number of halogens is 2. The zero-order valence-electron chi connectivity index (χ0n) is 12.9. The second-order valence-electron chi connectivity index (χ2n) is 5.66. The molecule has 0 spiro atoms. The standard InChI is InChI=1S/C20H17ClFN/c1-13-9-19(16-7-8-23-14(2)10-16)17(12-20(13)21)11-15-3-5-18(22)6-4-15/h3-10,12,23H,2,11H2,1H3. The van der Waals surface area contributed by atoms with Crippen LogP contribution in [0.4, 0.5) is 4.39 Å². The van der Waals surface area contributed by atoms with Gasteiger partial charge in [-0.15, -0.1) is 0 Å². The van der Waals surface area contributed by atoms with Gasteiger partial charge in [0.15, 0.2) is 0 Å². The number of benzene rings is 2. The molecule has 1 aliphatic heterocycles. The Balaban J connectivity index is 2.04. The van der Waals surface area contributed by atoms with E-state index in [1.54, 1.807) is 12.1 Å². The zero-order valence-corrected chi connectivity index (χ0v) is 13.6. The third kappa shape index (κ3) is 3.54. The third-order valence-electron chi connectivity index (χ3n) is 3.86. The monoisotopic (exact) mass is 325 g/mol. The summed E-state index contributed by atoms with van der Waals surface area (Å²) >= 11 is 6.32. The Morgan fingerprint density at radius 2 is 1.91 bits per heavy atom. The molecule has 0 saturated carbocycles. The first-order chi connectivity index (χ1) is 11.0. The van der Waals surface area contributed by atoms with Gasteiger partial charge in [-0.2, -0.15) is 0 Å². The summed E-state index contributed by atoms with van der Waals surface area (Å²) in [7, 11) is 0. The van der Waals surface area contributed by atoms with Crippen LogP contribution in [0.3, 0.4) is 0 Å². The molecule has 0 bridgehead atoms. The van der Waals surface area contributed by atoms with Crippen molar-refractivity contribution in [1.29, 1.82) is 0 Å². The quantitative estimate of drug-likeness (QED) is 0.797. The van der Waals surface area contributed by atoms with E-state index < -0.39 is 0 Å². The van der Waals surface area contributed by atoms with Gasteiger partial charge < -0.3 is 5.32 Å². The second kappa shape index (κ2) is 6.43. The van der Waals surface area contributed by atoms with Crippen molar-refractivity contribution >= 4 is 17.2 Å². The molecule has 1 heterocycles. The molecule has 1 N–H and O–H groups in total. The fourth-order valence-electron chi connectivity index (χ4n) is 2.64. The summed E-state index contributed by atoms with van der Waals surface area (Å²) in [6.07, 6.45) is 6.60. The summed E-state index contributed by atoms with van der Waals surface area (Å²) < 4.78 is 13.1. The van der Waals surface area contributed by atoms with Crippen LogP contribution in [0.2, 0.25) is 5.02 Å². The predicted octanol–water partition coefficient (Wildman–Crippen LogP) is 5.39. The van der Waals surface area contributed by atoms with Gasteiger partial charge in [0.1, 0.15) is 5.82 Å². The normalized spacial score (nSPS) is 13.7. The molecule has 2 aromatic carbocycles. The minimum absolute atomic E-state index is 0.226. The summed E-state index contributed by atoms with van der Waals surface area (Å²) in [5, 5.41) is 3.80. The van der Waals surface area contributed by atoms with E-state index in [-0.39, 0.29) is 5.82 Å². The molecule has 0 radical (unpaired) electrons. The maximum atomic E-state index is 13.1. The van der Waals surface area contributed by atoms with E-state index in [2.05, 4.69) is 18.0 Å². The Morgan fingerprint density at radius 1 is 1.17 bits per heavy atom. The third-order valence-corrected chi connectivity index (χ3v) is 4.27. The molecule has 0 amide bonds. The van der Waals surface area contributed by atoms with Crippen LogP contribution in [0.5, 0.6) is 0 Å². The smallest absolute Gasteiger partial charge is 0.123 e. The van der Waals surface area contributed by atoms with E-state index in [9.17, 15) is 4.39 Å². The second-order valence-corrected chi connectivity index (χ2v) is 6.07. The van der Waals surface area contributed by atoms with Crippen molar-refractivity contribution in [3.05, 3.63) is 100 Å². The minimum Gasteiger partial charge on any atom is -0.362 e. The Hall–Kier alpha value is -2.32.